The summed E-state index contributed by atoms with van der Waals surface area (Å²) in [5.41, 5.74) is 2.09. The second-order valence-corrected chi connectivity index (χ2v) is 6.14. The fourth-order valence-electron chi connectivity index (χ4n) is 1.48. The average molecular weight is 315 g/mol. The van der Waals surface area contributed by atoms with Crippen LogP contribution in [0.1, 0.15) is 18.3 Å². The lowest BCUT2D eigenvalue weighted by Crippen LogP contribution is -2.21. The molecule has 0 amide bonds. The van der Waals surface area contributed by atoms with Crippen LogP contribution in [0.2, 0.25) is 0 Å². The van der Waals surface area contributed by atoms with Crippen molar-refractivity contribution in [2.24, 2.45) is 0 Å². The lowest BCUT2D eigenvalue weighted by atomic mass is 10.4. The van der Waals surface area contributed by atoms with Crippen molar-refractivity contribution in [2.45, 2.75) is 31.2 Å². The number of aromatic nitrogens is 2. The van der Waals surface area contributed by atoms with E-state index in [4.69, 9.17) is 19.8 Å². The van der Waals surface area contributed by atoms with Gasteiger partial charge in [0.1, 0.15) is 0 Å². The number of aryl methyl sites for hydroxylation is 2. The van der Waals surface area contributed by atoms with Crippen molar-refractivity contribution in [2.75, 3.05) is 20.6 Å². The van der Waals surface area contributed by atoms with Crippen molar-refractivity contribution < 1.29 is 19.8 Å². The summed E-state index contributed by atoms with van der Waals surface area (Å²) in [4.78, 5) is 29.2. The van der Waals surface area contributed by atoms with Gasteiger partial charge in [-0.25, -0.2) is 19.6 Å². The first-order valence-corrected chi connectivity index (χ1v) is 7.09. The minimum absolute atomic E-state index is 0.515. The Hall–Kier alpha value is -1.67. The van der Waals surface area contributed by atoms with Crippen molar-refractivity contribution in [3.05, 3.63) is 17.5 Å². The topological polar surface area (TPSA) is 104 Å². The monoisotopic (exact) mass is 315 g/mol. The Morgan fingerprint density at radius 2 is 1.62 bits per heavy atom. The molecule has 0 spiro atoms. The third-order valence-corrected chi connectivity index (χ3v) is 3.02. The number of rotatable bonds is 4. The molecule has 0 fully saturated rings. The molecule has 1 heterocycles. The summed E-state index contributed by atoms with van der Waals surface area (Å²) in [5.74, 6) is -3.65. The second kappa shape index (κ2) is 9.30. The summed E-state index contributed by atoms with van der Waals surface area (Å²) in [7, 11) is 4.17. The molecule has 0 radical (unpaired) electrons. The molecule has 7 nitrogen and oxygen atoms in total. The normalized spacial score (nSPS) is 11.5. The van der Waals surface area contributed by atoms with Crippen molar-refractivity contribution in [3.8, 4) is 0 Å². The van der Waals surface area contributed by atoms with Gasteiger partial charge >= 0.3 is 11.9 Å². The first kappa shape index (κ1) is 19.3. The summed E-state index contributed by atoms with van der Waals surface area (Å²) in [6.45, 7) is 7.26. The van der Waals surface area contributed by atoms with Crippen LogP contribution in [-0.2, 0) is 9.59 Å². The van der Waals surface area contributed by atoms with Gasteiger partial charge in [-0.2, -0.15) is 0 Å². The maximum Gasteiger partial charge on any atom is 0.414 e. The number of aliphatic carboxylic acids is 2. The van der Waals surface area contributed by atoms with Gasteiger partial charge in [0.2, 0.25) is 0 Å². The Labute approximate surface area is 128 Å². The molecule has 0 saturated heterocycles. The van der Waals surface area contributed by atoms with Crippen LogP contribution in [0.5, 0.6) is 0 Å². The third-order valence-electron chi connectivity index (χ3n) is 2.07. The Balaban J connectivity index is 0.000000567. The highest BCUT2D eigenvalue weighted by Crippen LogP contribution is 2.20. The standard InChI is InChI=1S/C11H19N3S.C2H2O4/c1-8-6-9(2)13-11(12-8)15-10(3)7-14(4)5;3-1(4)2(5)6/h6,10H,7H2,1-5H3;(H,3,4)(H,5,6). The molecule has 0 saturated carbocycles. The first-order valence-electron chi connectivity index (χ1n) is 6.21. The Morgan fingerprint density at radius 1 is 1.19 bits per heavy atom. The number of nitrogens with zero attached hydrogens (tertiary/aromatic N) is 3. The number of hydrogen-bond donors (Lipinski definition) is 2. The molecule has 0 aliphatic rings. The number of hydrogen-bond acceptors (Lipinski definition) is 6. The van der Waals surface area contributed by atoms with E-state index in [1.165, 1.54) is 0 Å². The molecular weight excluding hydrogens is 294 g/mol. The smallest absolute Gasteiger partial charge is 0.414 e. The highest BCUT2D eigenvalue weighted by molar-refractivity contribution is 7.99. The molecule has 1 atom stereocenters. The summed E-state index contributed by atoms with van der Waals surface area (Å²) < 4.78 is 0. The molecule has 1 aromatic rings. The van der Waals surface area contributed by atoms with Gasteiger partial charge in [0, 0.05) is 23.2 Å². The van der Waals surface area contributed by atoms with Crippen molar-refractivity contribution in [3.63, 3.8) is 0 Å². The third kappa shape index (κ3) is 9.80. The average Bonchev–Trinajstić information content (AvgIpc) is 2.26. The number of carboxylic acid groups (broad SMARTS) is 2. The van der Waals surface area contributed by atoms with E-state index in [9.17, 15) is 0 Å². The largest absolute Gasteiger partial charge is 0.473 e. The zero-order chi connectivity index (χ0) is 16.6. The van der Waals surface area contributed by atoms with E-state index in [0.29, 0.717) is 5.25 Å². The van der Waals surface area contributed by atoms with Gasteiger partial charge in [0.25, 0.3) is 0 Å². The summed E-state index contributed by atoms with van der Waals surface area (Å²) in [6.07, 6.45) is 0. The molecule has 8 heteroatoms. The van der Waals surface area contributed by atoms with Gasteiger partial charge in [-0.1, -0.05) is 18.7 Å². The molecule has 1 rings (SSSR count). The molecule has 21 heavy (non-hydrogen) atoms. The highest BCUT2D eigenvalue weighted by Gasteiger charge is 2.08. The maximum absolute atomic E-state index is 9.10. The highest BCUT2D eigenvalue weighted by atomic mass is 32.2. The molecule has 1 aromatic heterocycles. The number of thioether (sulfide) groups is 1. The molecule has 0 aliphatic carbocycles. The van der Waals surface area contributed by atoms with Crippen molar-refractivity contribution in [1.82, 2.24) is 14.9 Å². The van der Waals surface area contributed by atoms with Gasteiger partial charge in [0.15, 0.2) is 5.16 Å². The van der Waals surface area contributed by atoms with Crippen LogP contribution in [-0.4, -0.2) is 62.9 Å². The quantitative estimate of drug-likeness (QED) is 0.487. The Morgan fingerprint density at radius 3 is 1.95 bits per heavy atom. The fourth-order valence-corrected chi connectivity index (χ4v) is 2.60. The maximum atomic E-state index is 9.10. The second-order valence-electron chi connectivity index (χ2n) is 4.73. The van der Waals surface area contributed by atoms with E-state index in [1.54, 1.807) is 11.8 Å². The molecule has 2 N–H and O–H groups in total. The predicted molar refractivity (Wildman–Crippen MR) is 80.7 cm³/mol. The van der Waals surface area contributed by atoms with Crippen LogP contribution in [0, 0.1) is 13.8 Å². The lowest BCUT2D eigenvalue weighted by Gasteiger charge is -2.15. The van der Waals surface area contributed by atoms with Gasteiger partial charge in [0.05, 0.1) is 0 Å². The van der Waals surface area contributed by atoms with E-state index in [0.717, 1.165) is 23.1 Å². The number of carboxylic acids is 2. The van der Waals surface area contributed by atoms with Gasteiger partial charge in [-0.3, -0.25) is 0 Å². The fraction of sp³-hybridized carbons (Fsp3) is 0.538. The summed E-state index contributed by atoms with van der Waals surface area (Å²) in [6, 6.07) is 2.00. The zero-order valence-electron chi connectivity index (χ0n) is 12.8. The van der Waals surface area contributed by atoms with E-state index in [-0.39, 0.29) is 0 Å². The molecule has 0 bridgehead atoms. The van der Waals surface area contributed by atoms with Crippen molar-refractivity contribution >= 4 is 23.7 Å². The predicted octanol–water partition coefficient (Wildman–Crippen LogP) is 1.29. The van der Waals surface area contributed by atoms with Crippen LogP contribution < -0.4 is 0 Å². The molecule has 0 aromatic carbocycles. The molecular formula is C13H21N3O4S. The van der Waals surface area contributed by atoms with Gasteiger partial charge < -0.3 is 15.1 Å². The van der Waals surface area contributed by atoms with Crippen molar-refractivity contribution in [1.29, 1.82) is 0 Å². The molecule has 118 valence electrons. The van der Waals surface area contributed by atoms with Crippen LogP contribution in [0.4, 0.5) is 0 Å². The minimum Gasteiger partial charge on any atom is -0.473 e. The van der Waals surface area contributed by atoms with Crippen LogP contribution >= 0.6 is 11.8 Å². The van der Waals surface area contributed by atoms with E-state index in [2.05, 4.69) is 35.9 Å². The van der Waals surface area contributed by atoms with Crippen LogP contribution in [0.25, 0.3) is 0 Å². The Bertz CT molecular complexity index is 462. The van der Waals surface area contributed by atoms with Crippen LogP contribution in [0.15, 0.2) is 11.2 Å². The number of carbonyl (C=O) groups is 2. The zero-order valence-corrected chi connectivity index (χ0v) is 13.6. The Kier molecular flexibility index (Phi) is 8.56. The van der Waals surface area contributed by atoms with Gasteiger partial charge in [-0.15, -0.1) is 0 Å². The van der Waals surface area contributed by atoms with Crippen LogP contribution in [0.3, 0.4) is 0 Å². The molecule has 1 unspecified atom stereocenters. The first-order chi connectivity index (χ1) is 9.61. The minimum atomic E-state index is -1.82. The van der Waals surface area contributed by atoms with E-state index in [1.807, 2.05) is 19.9 Å². The van der Waals surface area contributed by atoms with E-state index >= 15 is 0 Å². The van der Waals surface area contributed by atoms with E-state index < -0.39 is 11.9 Å². The summed E-state index contributed by atoms with van der Waals surface area (Å²) in [5, 5.41) is 16.2. The lowest BCUT2D eigenvalue weighted by molar-refractivity contribution is -0.159. The SMILES string of the molecule is Cc1cc(C)nc(SC(C)CN(C)C)n1.O=C(O)C(=O)O. The van der Waals surface area contributed by atoms with Gasteiger partial charge in [-0.05, 0) is 34.0 Å². The summed E-state index contributed by atoms with van der Waals surface area (Å²) >= 11 is 1.74. The molecule has 0 aliphatic heterocycles.